The fourth-order valence-corrected chi connectivity index (χ4v) is 1.47. The van der Waals surface area contributed by atoms with Crippen LogP contribution in [0, 0.1) is 5.92 Å². The van der Waals surface area contributed by atoms with Gasteiger partial charge in [0.25, 0.3) is 0 Å². The number of nitrogens with zero attached hydrogens (tertiary/aromatic N) is 1. The fraction of sp³-hybridized carbons (Fsp3) is 0.583. The third-order valence-corrected chi connectivity index (χ3v) is 2.41. The number of hydrogen-bond donors (Lipinski definition) is 1. The van der Waals surface area contributed by atoms with Gasteiger partial charge in [-0.1, -0.05) is 13.0 Å². The molecule has 0 spiro atoms. The molecule has 0 aliphatic rings. The van der Waals surface area contributed by atoms with Crippen molar-refractivity contribution in [3.63, 3.8) is 0 Å². The van der Waals surface area contributed by atoms with Crippen molar-refractivity contribution in [3.05, 3.63) is 30.1 Å². The van der Waals surface area contributed by atoms with E-state index in [9.17, 15) is 0 Å². The first-order valence-corrected chi connectivity index (χ1v) is 5.36. The standard InChI is InChI=1S/C12H20N2O/c1-10(9-15-3)7-14-11(2)12-5-4-6-13-8-12/h4-6,8,10-11,14H,7,9H2,1-3H3/t10?,11-/m1/s1. The van der Waals surface area contributed by atoms with E-state index >= 15 is 0 Å². The van der Waals surface area contributed by atoms with E-state index in [-0.39, 0.29) is 0 Å². The molecule has 0 saturated carbocycles. The molecule has 0 fully saturated rings. The molecule has 3 heteroatoms. The topological polar surface area (TPSA) is 34.1 Å². The Balaban J connectivity index is 2.33. The van der Waals surface area contributed by atoms with Gasteiger partial charge in [-0.2, -0.15) is 0 Å². The maximum Gasteiger partial charge on any atom is 0.0499 e. The van der Waals surface area contributed by atoms with Gasteiger partial charge >= 0.3 is 0 Å². The summed E-state index contributed by atoms with van der Waals surface area (Å²) < 4.78 is 5.09. The number of nitrogens with one attached hydrogen (secondary N) is 1. The maximum absolute atomic E-state index is 5.09. The normalized spacial score (nSPS) is 14.9. The highest BCUT2D eigenvalue weighted by atomic mass is 16.5. The van der Waals surface area contributed by atoms with Crippen LogP contribution in [0.15, 0.2) is 24.5 Å². The van der Waals surface area contributed by atoms with Gasteiger partial charge in [0, 0.05) is 38.7 Å². The highest BCUT2D eigenvalue weighted by Crippen LogP contribution is 2.10. The molecule has 1 heterocycles. The third kappa shape index (κ3) is 4.40. The van der Waals surface area contributed by atoms with E-state index in [2.05, 4.69) is 30.2 Å². The molecule has 0 bridgehead atoms. The van der Waals surface area contributed by atoms with Crippen LogP contribution in [0.2, 0.25) is 0 Å². The first kappa shape index (κ1) is 12.1. The van der Waals surface area contributed by atoms with Crippen LogP contribution in [0.5, 0.6) is 0 Å². The van der Waals surface area contributed by atoms with Crippen LogP contribution in [-0.4, -0.2) is 25.2 Å². The van der Waals surface area contributed by atoms with Crippen LogP contribution in [0.3, 0.4) is 0 Å². The van der Waals surface area contributed by atoms with Crippen molar-refractivity contribution >= 4 is 0 Å². The largest absolute Gasteiger partial charge is 0.384 e. The second kappa shape index (κ2) is 6.53. The Kier molecular flexibility index (Phi) is 5.29. The number of ether oxygens (including phenoxy) is 1. The van der Waals surface area contributed by atoms with Crippen molar-refractivity contribution in [2.24, 2.45) is 5.92 Å². The summed E-state index contributed by atoms with van der Waals surface area (Å²) in [6, 6.07) is 4.40. The summed E-state index contributed by atoms with van der Waals surface area (Å²) in [6.07, 6.45) is 3.70. The highest BCUT2D eigenvalue weighted by Gasteiger charge is 2.06. The minimum absolute atomic E-state index is 0.345. The van der Waals surface area contributed by atoms with E-state index in [1.54, 1.807) is 13.3 Å². The van der Waals surface area contributed by atoms with Gasteiger partial charge in [0.15, 0.2) is 0 Å². The average molecular weight is 208 g/mol. The summed E-state index contributed by atoms with van der Waals surface area (Å²) in [5, 5.41) is 3.46. The molecule has 15 heavy (non-hydrogen) atoms. The van der Waals surface area contributed by atoms with Gasteiger partial charge < -0.3 is 10.1 Å². The van der Waals surface area contributed by atoms with Gasteiger partial charge in [-0.05, 0) is 24.5 Å². The molecular formula is C12H20N2O. The number of hydrogen-bond acceptors (Lipinski definition) is 3. The van der Waals surface area contributed by atoms with Gasteiger partial charge in [-0.3, -0.25) is 4.98 Å². The van der Waals surface area contributed by atoms with E-state index < -0.39 is 0 Å². The Morgan fingerprint density at radius 2 is 2.27 bits per heavy atom. The molecule has 1 aromatic rings. The first-order valence-electron chi connectivity index (χ1n) is 5.36. The summed E-state index contributed by atoms with van der Waals surface area (Å²) in [4.78, 5) is 4.10. The Morgan fingerprint density at radius 3 is 2.87 bits per heavy atom. The second-order valence-corrected chi connectivity index (χ2v) is 3.98. The van der Waals surface area contributed by atoms with Crippen molar-refractivity contribution in [2.75, 3.05) is 20.3 Å². The number of methoxy groups -OCH3 is 1. The number of rotatable bonds is 6. The van der Waals surface area contributed by atoms with E-state index in [1.165, 1.54) is 5.56 Å². The zero-order chi connectivity index (χ0) is 11.1. The molecule has 1 unspecified atom stereocenters. The molecule has 1 rings (SSSR count). The lowest BCUT2D eigenvalue weighted by atomic mass is 10.1. The zero-order valence-electron chi connectivity index (χ0n) is 9.73. The van der Waals surface area contributed by atoms with Crippen LogP contribution in [0.4, 0.5) is 0 Å². The number of pyridine rings is 1. The lowest BCUT2D eigenvalue weighted by molar-refractivity contribution is 0.157. The molecular weight excluding hydrogens is 188 g/mol. The maximum atomic E-state index is 5.09. The Morgan fingerprint density at radius 1 is 1.47 bits per heavy atom. The van der Waals surface area contributed by atoms with Crippen molar-refractivity contribution in [1.29, 1.82) is 0 Å². The quantitative estimate of drug-likeness (QED) is 0.776. The summed E-state index contributed by atoms with van der Waals surface area (Å²) in [5.41, 5.74) is 1.22. The monoisotopic (exact) mass is 208 g/mol. The smallest absolute Gasteiger partial charge is 0.0499 e. The molecule has 0 radical (unpaired) electrons. The van der Waals surface area contributed by atoms with E-state index in [0.29, 0.717) is 12.0 Å². The molecule has 1 aromatic heterocycles. The van der Waals surface area contributed by atoms with Crippen LogP contribution < -0.4 is 5.32 Å². The average Bonchev–Trinajstić information content (AvgIpc) is 2.27. The summed E-state index contributed by atoms with van der Waals surface area (Å²) in [7, 11) is 1.74. The van der Waals surface area contributed by atoms with Crippen molar-refractivity contribution in [1.82, 2.24) is 10.3 Å². The molecule has 0 amide bonds. The predicted molar refractivity (Wildman–Crippen MR) is 61.7 cm³/mol. The van der Waals surface area contributed by atoms with E-state index in [4.69, 9.17) is 4.74 Å². The molecule has 0 saturated heterocycles. The molecule has 2 atom stereocenters. The SMILES string of the molecule is COCC(C)CN[C@H](C)c1cccnc1. The molecule has 1 N–H and O–H groups in total. The second-order valence-electron chi connectivity index (χ2n) is 3.98. The van der Waals surface area contributed by atoms with Crippen LogP contribution in [-0.2, 0) is 4.74 Å². The lowest BCUT2D eigenvalue weighted by Gasteiger charge is -2.17. The third-order valence-electron chi connectivity index (χ3n) is 2.41. The van der Waals surface area contributed by atoms with Crippen molar-refractivity contribution < 1.29 is 4.74 Å². The Bertz CT molecular complexity index is 264. The zero-order valence-corrected chi connectivity index (χ0v) is 9.73. The van der Waals surface area contributed by atoms with E-state index in [1.807, 2.05) is 12.3 Å². The minimum atomic E-state index is 0.345. The first-order chi connectivity index (χ1) is 7.24. The van der Waals surface area contributed by atoms with Gasteiger partial charge in [0.2, 0.25) is 0 Å². The van der Waals surface area contributed by atoms with Crippen LogP contribution in [0.25, 0.3) is 0 Å². The van der Waals surface area contributed by atoms with Gasteiger partial charge in [0.05, 0.1) is 0 Å². The van der Waals surface area contributed by atoms with Crippen molar-refractivity contribution in [3.8, 4) is 0 Å². The Hall–Kier alpha value is -0.930. The number of aromatic nitrogens is 1. The summed E-state index contributed by atoms with van der Waals surface area (Å²) in [6.45, 7) is 6.08. The molecule has 0 aliphatic carbocycles. The van der Waals surface area contributed by atoms with E-state index in [0.717, 1.165) is 13.2 Å². The molecule has 0 aliphatic heterocycles. The minimum Gasteiger partial charge on any atom is -0.384 e. The fourth-order valence-electron chi connectivity index (χ4n) is 1.47. The van der Waals surface area contributed by atoms with Crippen molar-refractivity contribution in [2.45, 2.75) is 19.9 Å². The highest BCUT2D eigenvalue weighted by molar-refractivity contribution is 5.12. The van der Waals surface area contributed by atoms with Gasteiger partial charge in [-0.15, -0.1) is 0 Å². The molecule has 84 valence electrons. The van der Waals surface area contributed by atoms with Crippen LogP contribution in [0.1, 0.15) is 25.5 Å². The predicted octanol–water partition coefficient (Wildman–Crippen LogP) is 2.01. The summed E-state index contributed by atoms with van der Waals surface area (Å²) >= 11 is 0. The van der Waals surface area contributed by atoms with Crippen LogP contribution >= 0.6 is 0 Å². The van der Waals surface area contributed by atoms with Gasteiger partial charge in [0.1, 0.15) is 0 Å². The molecule has 3 nitrogen and oxygen atoms in total. The molecule has 0 aromatic carbocycles. The Labute approximate surface area is 91.9 Å². The van der Waals surface area contributed by atoms with Gasteiger partial charge in [-0.25, -0.2) is 0 Å². The lowest BCUT2D eigenvalue weighted by Crippen LogP contribution is -2.26. The summed E-state index contributed by atoms with van der Waals surface area (Å²) in [5.74, 6) is 0.536.